The van der Waals surface area contributed by atoms with Crippen LogP contribution in [-0.2, 0) is 6.54 Å². The highest BCUT2D eigenvalue weighted by molar-refractivity contribution is 6.30. The number of methoxy groups -OCH3 is 1. The molecular formula is C18H17NO6. The second-order valence-corrected chi connectivity index (χ2v) is 5.67. The summed E-state index contributed by atoms with van der Waals surface area (Å²) < 4.78 is 5.04. The van der Waals surface area contributed by atoms with E-state index in [1.54, 1.807) is 0 Å². The lowest BCUT2D eigenvalue weighted by molar-refractivity contribution is 0.0974. The number of phenolic OH excluding ortho intramolecular Hbond substituents is 2. The van der Waals surface area contributed by atoms with Crippen LogP contribution in [0.1, 0.15) is 37.4 Å². The first kappa shape index (κ1) is 16.9. The summed E-state index contributed by atoms with van der Waals surface area (Å²) >= 11 is 0. The van der Waals surface area contributed by atoms with Gasteiger partial charge in [-0.25, -0.2) is 0 Å². The first-order chi connectivity index (χ1) is 12.0. The summed E-state index contributed by atoms with van der Waals surface area (Å²) in [4.78, 5) is 25.5. The Kier molecular flexibility index (Phi) is 4.43. The Morgan fingerprint density at radius 3 is 2.24 bits per heavy atom. The summed E-state index contributed by atoms with van der Waals surface area (Å²) in [7, 11) is 1.39. The van der Waals surface area contributed by atoms with Crippen LogP contribution in [-0.4, -0.2) is 47.1 Å². The summed E-state index contributed by atoms with van der Waals surface area (Å²) in [6, 6.07) is 5.56. The number of carbonyl (C=O) groups excluding carboxylic acids is 2. The molecular weight excluding hydrogens is 326 g/mol. The molecule has 0 atom stereocenters. The van der Waals surface area contributed by atoms with Gasteiger partial charge in [-0.1, -0.05) is 0 Å². The van der Waals surface area contributed by atoms with Crippen molar-refractivity contribution < 1.29 is 29.6 Å². The average Bonchev–Trinajstić information content (AvgIpc) is 2.58. The Labute approximate surface area is 143 Å². The lowest BCUT2D eigenvalue weighted by atomic mass is 9.82. The molecule has 25 heavy (non-hydrogen) atoms. The highest BCUT2D eigenvalue weighted by atomic mass is 16.5. The molecule has 0 aromatic heterocycles. The number of ether oxygens (including phenoxy) is 1. The van der Waals surface area contributed by atoms with Gasteiger partial charge in [-0.05, 0) is 23.8 Å². The first-order valence-corrected chi connectivity index (χ1v) is 7.65. The summed E-state index contributed by atoms with van der Waals surface area (Å²) in [5.74, 6) is -1.52. The number of phenols is 2. The number of fused-ring (bicyclic) bond motifs is 2. The molecule has 7 nitrogen and oxygen atoms in total. The van der Waals surface area contributed by atoms with Crippen molar-refractivity contribution in [3.8, 4) is 17.2 Å². The van der Waals surface area contributed by atoms with Crippen molar-refractivity contribution in [2.45, 2.75) is 6.54 Å². The van der Waals surface area contributed by atoms with Crippen molar-refractivity contribution >= 4 is 11.6 Å². The van der Waals surface area contributed by atoms with Crippen molar-refractivity contribution in [2.75, 3.05) is 20.3 Å². The zero-order chi connectivity index (χ0) is 18.1. The highest BCUT2D eigenvalue weighted by Crippen LogP contribution is 2.39. The largest absolute Gasteiger partial charge is 0.507 e. The molecule has 1 aliphatic carbocycles. The molecule has 130 valence electrons. The molecule has 2 aromatic rings. The van der Waals surface area contributed by atoms with Crippen LogP contribution in [0.2, 0.25) is 0 Å². The zero-order valence-electron chi connectivity index (χ0n) is 13.5. The number of aromatic hydroxyl groups is 2. The van der Waals surface area contributed by atoms with Gasteiger partial charge in [0.2, 0.25) is 5.78 Å². The molecule has 0 radical (unpaired) electrons. The minimum atomic E-state index is -0.614. The maximum Gasteiger partial charge on any atom is 0.201 e. The summed E-state index contributed by atoms with van der Waals surface area (Å²) in [5.41, 5.74) is 0.449. The second kappa shape index (κ2) is 6.54. The Bertz CT molecular complexity index is 874. The van der Waals surface area contributed by atoms with Gasteiger partial charge in [0.25, 0.3) is 0 Å². The molecule has 0 unspecified atom stereocenters. The summed E-state index contributed by atoms with van der Waals surface area (Å²) in [6.07, 6.45) is 0. The number of benzene rings is 2. The van der Waals surface area contributed by atoms with Gasteiger partial charge in [0.05, 0.1) is 24.8 Å². The van der Waals surface area contributed by atoms with Crippen LogP contribution < -0.4 is 10.1 Å². The number of hydrogen-bond acceptors (Lipinski definition) is 7. The number of nitrogens with one attached hydrogen (secondary N) is 1. The van der Waals surface area contributed by atoms with Crippen LogP contribution in [0.4, 0.5) is 0 Å². The van der Waals surface area contributed by atoms with Crippen LogP contribution in [0.25, 0.3) is 0 Å². The van der Waals surface area contributed by atoms with Crippen LogP contribution in [0.5, 0.6) is 17.2 Å². The van der Waals surface area contributed by atoms with E-state index in [0.717, 1.165) is 0 Å². The van der Waals surface area contributed by atoms with E-state index in [0.29, 0.717) is 18.7 Å². The molecule has 0 spiro atoms. The van der Waals surface area contributed by atoms with Crippen LogP contribution in [0.3, 0.4) is 0 Å². The molecule has 0 saturated heterocycles. The lowest BCUT2D eigenvalue weighted by Gasteiger charge is -2.21. The quantitative estimate of drug-likeness (QED) is 0.510. The van der Waals surface area contributed by atoms with Crippen molar-refractivity contribution in [2.24, 2.45) is 0 Å². The van der Waals surface area contributed by atoms with Gasteiger partial charge in [0.1, 0.15) is 17.2 Å². The van der Waals surface area contributed by atoms with Gasteiger partial charge in [-0.2, -0.15) is 0 Å². The topological polar surface area (TPSA) is 116 Å². The molecule has 3 rings (SSSR count). The minimum absolute atomic E-state index is 0.0363. The van der Waals surface area contributed by atoms with Crippen molar-refractivity contribution in [1.82, 2.24) is 5.32 Å². The Hall–Kier alpha value is -2.90. The van der Waals surface area contributed by atoms with Crippen molar-refractivity contribution in [1.29, 1.82) is 0 Å². The van der Waals surface area contributed by atoms with E-state index in [2.05, 4.69) is 5.32 Å². The highest BCUT2D eigenvalue weighted by Gasteiger charge is 2.35. The van der Waals surface area contributed by atoms with Gasteiger partial charge in [0.15, 0.2) is 5.78 Å². The van der Waals surface area contributed by atoms with Crippen molar-refractivity contribution in [3.63, 3.8) is 0 Å². The number of ketones is 2. The molecule has 2 aromatic carbocycles. The molecule has 7 heteroatoms. The fourth-order valence-electron chi connectivity index (χ4n) is 2.92. The van der Waals surface area contributed by atoms with Gasteiger partial charge < -0.3 is 25.4 Å². The number of aliphatic hydroxyl groups is 1. The molecule has 0 amide bonds. The van der Waals surface area contributed by atoms with E-state index in [9.17, 15) is 19.8 Å². The van der Waals surface area contributed by atoms with E-state index in [1.165, 1.54) is 31.4 Å². The van der Waals surface area contributed by atoms with Gasteiger partial charge in [-0.15, -0.1) is 0 Å². The minimum Gasteiger partial charge on any atom is -0.507 e. The molecule has 0 fully saturated rings. The second-order valence-electron chi connectivity index (χ2n) is 5.67. The van der Waals surface area contributed by atoms with E-state index in [1.807, 2.05) is 0 Å². The maximum absolute atomic E-state index is 12.8. The standard InChI is InChI=1S/C18H17NO6/c1-25-10-6-12-16(14(22)7-10)18(24)15-11(17(12)23)4-9(5-13(15)21)8-19-2-3-20/h4-7,19-22H,2-3,8H2,1H3. The summed E-state index contributed by atoms with van der Waals surface area (Å²) in [6.45, 7) is 0.637. The molecule has 1 aliphatic rings. The zero-order valence-corrected chi connectivity index (χ0v) is 13.5. The fourth-order valence-corrected chi connectivity index (χ4v) is 2.92. The number of rotatable bonds is 5. The third kappa shape index (κ3) is 2.84. The monoisotopic (exact) mass is 343 g/mol. The van der Waals surface area contributed by atoms with Gasteiger partial charge >= 0.3 is 0 Å². The predicted octanol–water partition coefficient (Wildman–Crippen LogP) is 0.964. The third-order valence-electron chi connectivity index (χ3n) is 4.07. The van der Waals surface area contributed by atoms with E-state index in [4.69, 9.17) is 9.84 Å². The van der Waals surface area contributed by atoms with Crippen LogP contribution in [0, 0.1) is 0 Å². The molecule has 4 N–H and O–H groups in total. The number of carbonyl (C=O) groups is 2. The number of aliphatic hydroxyl groups excluding tert-OH is 1. The fraction of sp³-hybridized carbons (Fsp3) is 0.222. The van der Waals surface area contributed by atoms with Crippen molar-refractivity contribution in [3.05, 3.63) is 52.1 Å². The van der Waals surface area contributed by atoms with E-state index in [-0.39, 0.29) is 46.1 Å². The molecule has 0 aliphatic heterocycles. The van der Waals surface area contributed by atoms with Gasteiger partial charge in [0, 0.05) is 30.3 Å². The molecule has 0 bridgehead atoms. The Balaban J connectivity index is 2.12. The normalized spacial score (nSPS) is 12.7. The van der Waals surface area contributed by atoms with Crippen LogP contribution >= 0.6 is 0 Å². The lowest BCUT2D eigenvalue weighted by Crippen LogP contribution is -2.23. The Morgan fingerprint density at radius 1 is 0.960 bits per heavy atom. The maximum atomic E-state index is 12.8. The van der Waals surface area contributed by atoms with Crippen LogP contribution in [0.15, 0.2) is 24.3 Å². The first-order valence-electron chi connectivity index (χ1n) is 7.65. The van der Waals surface area contributed by atoms with E-state index < -0.39 is 11.6 Å². The smallest absolute Gasteiger partial charge is 0.201 e. The Morgan fingerprint density at radius 2 is 1.60 bits per heavy atom. The summed E-state index contributed by atoms with van der Waals surface area (Å²) in [5, 5.41) is 32.1. The number of hydrogen-bond donors (Lipinski definition) is 4. The third-order valence-corrected chi connectivity index (χ3v) is 4.07. The molecule has 0 saturated carbocycles. The predicted molar refractivity (Wildman–Crippen MR) is 88.4 cm³/mol. The molecule has 0 heterocycles. The SMILES string of the molecule is COc1cc(O)c2c(c1)C(=O)c1cc(CNCCO)cc(O)c1C2=O. The van der Waals surface area contributed by atoms with E-state index >= 15 is 0 Å². The van der Waals surface area contributed by atoms with Gasteiger partial charge in [-0.3, -0.25) is 9.59 Å². The average molecular weight is 343 g/mol.